The second-order valence-corrected chi connectivity index (χ2v) is 14.9. The van der Waals surface area contributed by atoms with Crippen molar-refractivity contribution in [1.82, 2.24) is 19.9 Å². The number of hydrogen-bond donors (Lipinski definition) is 4. The number of nitrogens with zero attached hydrogens (tertiary/aromatic N) is 6. The number of aromatic nitrogens is 4. The number of anilines is 4. The minimum absolute atomic E-state index is 0.105. The molecular weight excluding hydrogens is 756 g/mol. The smallest absolute Gasteiger partial charge is 0.228 e. The van der Waals surface area contributed by atoms with Gasteiger partial charge in [-0.15, -0.1) is 0 Å². The van der Waals surface area contributed by atoms with Crippen LogP contribution in [0.5, 0.6) is 5.75 Å². The molecule has 0 radical (unpaired) electrons. The minimum Gasteiger partial charge on any atom is -0.497 e. The minimum atomic E-state index is 0.105. The number of aliphatic hydroxyl groups is 2. The average molecular weight is 806 g/mol. The van der Waals surface area contributed by atoms with Gasteiger partial charge in [-0.2, -0.15) is 9.97 Å². The molecule has 2 unspecified atom stereocenters. The van der Waals surface area contributed by atoms with Gasteiger partial charge in [0, 0.05) is 41.4 Å². The summed E-state index contributed by atoms with van der Waals surface area (Å²) in [6.45, 7) is 3.62. The first kappa shape index (κ1) is 38.2. The van der Waals surface area contributed by atoms with Crippen molar-refractivity contribution in [2.75, 3.05) is 66.9 Å². The zero-order valence-electron chi connectivity index (χ0n) is 31.2. The summed E-state index contributed by atoms with van der Waals surface area (Å²) in [5.74, 6) is 3.97. The van der Waals surface area contributed by atoms with E-state index in [9.17, 15) is 10.2 Å². The number of hydrogen-bond acceptors (Lipinski definition) is 11. The van der Waals surface area contributed by atoms with Crippen LogP contribution >= 0.6 is 15.9 Å². The van der Waals surface area contributed by atoms with Crippen molar-refractivity contribution >= 4 is 61.3 Å². The van der Waals surface area contributed by atoms with Crippen molar-refractivity contribution in [3.63, 3.8) is 0 Å². The number of benzene rings is 4. The van der Waals surface area contributed by atoms with Gasteiger partial charge in [0.15, 0.2) is 0 Å². The molecule has 2 saturated heterocycles. The van der Waals surface area contributed by atoms with Crippen LogP contribution in [0.3, 0.4) is 0 Å². The predicted octanol–water partition coefficient (Wildman–Crippen LogP) is 7.26. The van der Waals surface area contributed by atoms with Crippen LogP contribution in [0.25, 0.3) is 21.8 Å². The first-order valence-corrected chi connectivity index (χ1v) is 20.0. The zero-order valence-corrected chi connectivity index (χ0v) is 32.8. The van der Waals surface area contributed by atoms with Crippen molar-refractivity contribution in [3.05, 3.63) is 113 Å². The molecule has 2 fully saturated rings. The molecule has 2 aliphatic heterocycles. The number of rotatable bonds is 13. The number of halogens is 1. The molecule has 0 aliphatic carbocycles. The van der Waals surface area contributed by atoms with E-state index in [1.54, 1.807) is 7.11 Å². The maximum Gasteiger partial charge on any atom is 0.228 e. The highest BCUT2D eigenvalue weighted by Crippen LogP contribution is 2.29. The van der Waals surface area contributed by atoms with Gasteiger partial charge in [-0.1, -0.05) is 64.5 Å². The predicted molar refractivity (Wildman–Crippen MR) is 226 cm³/mol. The standard InChI is InChI=1S/C22H26N4O2.C21H23BrN4O/c1-28-18-10-8-16(9-11-18)12-13-23-21-19-6-2-3-7-20(19)24-22(25-21)26-14-4-5-17(26)15-27;22-16-9-7-15(8-10-16)11-12-23-20-18-5-1-2-6-19(18)24-21(25-20)26-13-3-4-17(26)14-27/h2-3,6-11,17,27H,4-5,12-15H2,1H3,(H,23,24,25);1-2,5-10,17,27H,3-4,11-14H2,(H,23,24,25). The fraction of sp³-hybridized carbons (Fsp3) is 0.349. The summed E-state index contributed by atoms with van der Waals surface area (Å²) in [5.41, 5.74) is 4.37. The van der Waals surface area contributed by atoms with Crippen LogP contribution in [-0.4, -0.2) is 88.7 Å². The molecule has 12 heteroatoms. The summed E-state index contributed by atoms with van der Waals surface area (Å²) in [6.07, 6.45) is 5.89. The Labute approximate surface area is 331 Å². The Morgan fingerprint density at radius 3 is 1.55 bits per heavy atom. The van der Waals surface area contributed by atoms with Gasteiger partial charge in [-0.3, -0.25) is 0 Å². The Morgan fingerprint density at radius 2 is 1.09 bits per heavy atom. The number of aliphatic hydroxyl groups excluding tert-OH is 2. The number of para-hydroxylation sites is 2. The molecule has 0 amide bonds. The molecule has 2 atom stereocenters. The molecular formula is C43H49BrN8O3. The van der Waals surface area contributed by atoms with E-state index >= 15 is 0 Å². The maximum atomic E-state index is 9.66. The van der Waals surface area contributed by atoms with E-state index in [-0.39, 0.29) is 25.3 Å². The molecule has 0 spiro atoms. The van der Waals surface area contributed by atoms with Crippen molar-refractivity contribution in [2.45, 2.75) is 50.6 Å². The Hall–Kier alpha value is -5.04. The Balaban J connectivity index is 0.000000169. The van der Waals surface area contributed by atoms with Crippen molar-refractivity contribution < 1.29 is 14.9 Å². The Kier molecular flexibility index (Phi) is 12.9. The van der Waals surface area contributed by atoms with E-state index in [4.69, 9.17) is 24.7 Å². The monoisotopic (exact) mass is 804 g/mol. The maximum absolute atomic E-state index is 9.66. The number of fused-ring (bicyclic) bond motifs is 2. The quantitative estimate of drug-likeness (QED) is 0.0941. The third-order valence-electron chi connectivity index (χ3n) is 10.4. The molecule has 4 N–H and O–H groups in total. The third-order valence-corrected chi connectivity index (χ3v) is 10.9. The fourth-order valence-electron chi connectivity index (χ4n) is 7.33. The van der Waals surface area contributed by atoms with E-state index in [0.29, 0.717) is 11.9 Å². The van der Waals surface area contributed by atoms with Gasteiger partial charge in [-0.25, -0.2) is 9.97 Å². The zero-order chi connectivity index (χ0) is 38.0. The van der Waals surface area contributed by atoms with Crippen molar-refractivity contribution in [3.8, 4) is 5.75 Å². The third kappa shape index (κ3) is 9.44. The van der Waals surface area contributed by atoms with E-state index in [2.05, 4.69) is 78.8 Å². The number of nitrogens with one attached hydrogen (secondary N) is 2. The summed E-state index contributed by atoms with van der Waals surface area (Å²) in [7, 11) is 1.68. The molecule has 11 nitrogen and oxygen atoms in total. The van der Waals surface area contributed by atoms with E-state index in [1.165, 1.54) is 11.1 Å². The van der Waals surface area contributed by atoms with Crippen molar-refractivity contribution in [1.29, 1.82) is 0 Å². The molecule has 4 aromatic carbocycles. The molecule has 4 heterocycles. The van der Waals surface area contributed by atoms with Crippen molar-refractivity contribution in [2.24, 2.45) is 0 Å². The molecule has 0 bridgehead atoms. The second-order valence-electron chi connectivity index (χ2n) is 14.0. The number of ether oxygens (including phenoxy) is 1. The molecule has 8 rings (SSSR count). The van der Waals surface area contributed by atoms with Crippen LogP contribution in [-0.2, 0) is 12.8 Å². The fourth-order valence-corrected chi connectivity index (χ4v) is 7.59. The topological polar surface area (TPSA) is 132 Å². The van der Waals surface area contributed by atoms with Crippen LogP contribution in [0.1, 0.15) is 36.8 Å². The lowest BCUT2D eigenvalue weighted by molar-refractivity contribution is 0.265. The van der Waals surface area contributed by atoms with Crippen LogP contribution in [0, 0.1) is 0 Å². The van der Waals surface area contributed by atoms with Gasteiger partial charge in [0.1, 0.15) is 17.4 Å². The second kappa shape index (κ2) is 18.5. The Bertz CT molecular complexity index is 2150. The van der Waals surface area contributed by atoms with E-state index in [1.807, 2.05) is 54.6 Å². The highest BCUT2D eigenvalue weighted by atomic mass is 79.9. The van der Waals surface area contributed by atoms with Crippen LogP contribution in [0.15, 0.2) is 102 Å². The normalized spacial score (nSPS) is 16.7. The lowest BCUT2D eigenvalue weighted by Gasteiger charge is -2.24. The first-order chi connectivity index (χ1) is 27.0. The molecule has 55 heavy (non-hydrogen) atoms. The molecule has 0 saturated carbocycles. The lowest BCUT2D eigenvalue weighted by Crippen LogP contribution is -2.33. The summed E-state index contributed by atoms with van der Waals surface area (Å²) in [5, 5.41) is 28.3. The Morgan fingerprint density at radius 1 is 0.636 bits per heavy atom. The van der Waals surface area contributed by atoms with Gasteiger partial charge >= 0.3 is 0 Å². The van der Waals surface area contributed by atoms with E-state index in [0.717, 1.165) is 108 Å². The SMILES string of the molecule is COc1ccc(CCNc2nc(N3CCCC3CO)nc3ccccc23)cc1.OCC1CCCN1c1nc(NCCc2ccc(Br)cc2)c2ccccc2n1. The highest BCUT2D eigenvalue weighted by Gasteiger charge is 2.28. The van der Waals surface area contributed by atoms with Gasteiger partial charge in [-0.05, 0) is 98.2 Å². The summed E-state index contributed by atoms with van der Waals surface area (Å²) in [4.78, 5) is 23.4. The van der Waals surface area contributed by atoms with Gasteiger partial charge in [0.25, 0.3) is 0 Å². The highest BCUT2D eigenvalue weighted by molar-refractivity contribution is 9.10. The average Bonchev–Trinajstić information content (AvgIpc) is 3.92. The van der Waals surface area contributed by atoms with Gasteiger partial charge < -0.3 is 35.4 Å². The molecule has 2 aromatic heterocycles. The van der Waals surface area contributed by atoms with Crippen LogP contribution in [0.2, 0.25) is 0 Å². The summed E-state index contributed by atoms with van der Waals surface area (Å²) < 4.78 is 6.31. The summed E-state index contributed by atoms with van der Waals surface area (Å²) >= 11 is 3.47. The van der Waals surface area contributed by atoms with Gasteiger partial charge in [0.2, 0.25) is 11.9 Å². The summed E-state index contributed by atoms with van der Waals surface area (Å²) in [6, 6.07) is 32.9. The van der Waals surface area contributed by atoms with Crippen LogP contribution in [0.4, 0.5) is 23.5 Å². The van der Waals surface area contributed by atoms with Crippen LogP contribution < -0.4 is 25.2 Å². The molecule has 286 valence electrons. The first-order valence-electron chi connectivity index (χ1n) is 19.2. The van der Waals surface area contributed by atoms with E-state index < -0.39 is 0 Å². The lowest BCUT2D eigenvalue weighted by atomic mass is 10.1. The number of methoxy groups -OCH3 is 1. The molecule has 2 aliphatic rings. The molecule has 6 aromatic rings. The largest absolute Gasteiger partial charge is 0.497 e. The van der Waals surface area contributed by atoms with Gasteiger partial charge in [0.05, 0.1) is 43.4 Å².